The van der Waals surface area contributed by atoms with E-state index in [4.69, 9.17) is 11.6 Å². The molecule has 1 aromatic heterocycles. The zero-order valence-corrected chi connectivity index (χ0v) is 14.5. The van der Waals surface area contributed by atoms with Gasteiger partial charge in [0.05, 0.1) is 0 Å². The van der Waals surface area contributed by atoms with Gasteiger partial charge in [-0.05, 0) is 66.9 Å². The average molecular weight is 386 g/mol. The fourth-order valence-corrected chi connectivity index (χ4v) is 3.42. The number of aromatic nitrogens is 3. The zero-order valence-electron chi connectivity index (χ0n) is 11.3. The summed E-state index contributed by atoms with van der Waals surface area (Å²) in [7, 11) is 0. The van der Waals surface area contributed by atoms with Crippen LogP contribution in [0.15, 0.2) is 38.8 Å². The molecule has 1 aromatic carbocycles. The molecule has 0 saturated carbocycles. The highest BCUT2D eigenvalue weighted by molar-refractivity contribution is 9.10. The second-order valence-electron chi connectivity index (χ2n) is 4.79. The summed E-state index contributed by atoms with van der Waals surface area (Å²) >= 11 is 11.0. The molecule has 0 amide bonds. The predicted octanol–water partition coefficient (Wildman–Crippen LogP) is 4.43. The lowest BCUT2D eigenvalue weighted by Gasteiger charge is -2.26. The summed E-state index contributed by atoms with van der Waals surface area (Å²) in [5.74, 6) is 0.689. The smallest absolute Gasteiger partial charge is 0.230 e. The van der Waals surface area contributed by atoms with E-state index in [9.17, 15) is 0 Å². The molecule has 1 aliphatic rings. The molecule has 0 unspecified atom stereocenters. The maximum atomic E-state index is 6.05. The van der Waals surface area contributed by atoms with E-state index in [-0.39, 0.29) is 5.28 Å². The number of piperidine rings is 1. The van der Waals surface area contributed by atoms with E-state index in [2.05, 4.69) is 35.8 Å². The second kappa shape index (κ2) is 6.94. The SMILES string of the molecule is Clc1nc(Sc2ccc(Br)cc2)nc(N2CCCCC2)n1. The largest absolute Gasteiger partial charge is 0.341 e. The molecule has 1 fully saturated rings. The number of anilines is 1. The van der Waals surface area contributed by atoms with Gasteiger partial charge in [-0.2, -0.15) is 15.0 Å². The highest BCUT2D eigenvalue weighted by Crippen LogP contribution is 2.28. The van der Waals surface area contributed by atoms with Crippen molar-refractivity contribution < 1.29 is 0 Å². The van der Waals surface area contributed by atoms with Crippen LogP contribution in [0.1, 0.15) is 19.3 Å². The van der Waals surface area contributed by atoms with Crippen molar-refractivity contribution in [2.75, 3.05) is 18.0 Å². The molecular weight excluding hydrogens is 372 g/mol. The van der Waals surface area contributed by atoms with Gasteiger partial charge in [-0.25, -0.2) is 0 Å². The van der Waals surface area contributed by atoms with Crippen molar-refractivity contribution in [3.05, 3.63) is 34.0 Å². The summed E-state index contributed by atoms with van der Waals surface area (Å²) in [6, 6.07) is 8.04. The van der Waals surface area contributed by atoms with Crippen LogP contribution in [0.5, 0.6) is 0 Å². The van der Waals surface area contributed by atoms with Crippen LogP contribution in [0.2, 0.25) is 5.28 Å². The monoisotopic (exact) mass is 384 g/mol. The lowest BCUT2D eigenvalue weighted by Crippen LogP contribution is -2.31. The van der Waals surface area contributed by atoms with Gasteiger partial charge < -0.3 is 4.90 Å². The number of hydrogen-bond donors (Lipinski definition) is 0. The van der Waals surface area contributed by atoms with Crippen LogP contribution in [-0.4, -0.2) is 28.0 Å². The highest BCUT2D eigenvalue weighted by Gasteiger charge is 2.16. The molecule has 0 N–H and O–H groups in total. The van der Waals surface area contributed by atoms with Crippen LogP contribution < -0.4 is 4.90 Å². The molecule has 4 nitrogen and oxygen atoms in total. The molecule has 3 rings (SSSR count). The number of halogens is 2. The third-order valence-electron chi connectivity index (χ3n) is 3.24. The maximum absolute atomic E-state index is 6.05. The highest BCUT2D eigenvalue weighted by atomic mass is 79.9. The Kier molecular flexibility index (Phi) is 4.98. The molecule has 0 atom stereocenters. The molecule has 1 saturated heterocycles. The first kappa shape index (κ1) is 15.1. The Morgan fingerprint density at radius 3 is 2.43 bits per heavy atom. The van der Waals surface area contributed by atoms with E-state index in [1.165, 1.54) is 31.0 Å². The van der Waals surface area contributed by atoms with Gasteiger partial charge in [0.25, 0.3) is 0 Å². The number of nitrogens with zero attached hydrogens (tertiary/aromatic N) is 4. The minimum Gasteiger partial charge on any atom is -0.341 e. The number of hydrogen-bond acceptors (Lipinski definition) is 5. The van der Waals surface area contributed by atoms with Crippen molar-refractivity contribution in [1.82, 2.24) is 15.0 Å². The molecular formula is C14H14BrClN4S. The lowest BCUT2D eigenvalue weighted by atomic mass is 10.1. The first-order valence-electron chi connectivity index (χ1n) is 6.81. The van der Waals surface area contributed by atoms with Crippen LogP contribution in [0, 0.1) is 0 Å². The van der Waals surface area contributed by atoms with Gasteiger partial charge in [0.2, 0.25) is 11.2 Å². The summed E-state index contributed by atoms with van der Waals surface area (Å²) in [5.41, 5.74) is 0. The Morgan fingerprint density at radius 2 is 1.71 bits per heavy atom. The van der Waals surface area contributed by atoms with Gasteiger partial charge in [0.1, 0.15) is 0 Å². The molecule has 2 aromatic rings. The molecule has 110 valence electrons. The molecule has 1 aliphatic heterocycles. The second-order valence-corrected chi connectivity index (χ2v) is 7.09. The van der Waals surface area contributed by atoms with Crippen LogP contribution in [0.3, 0.4) is 0 Å². The van der Waals surface area contributed by atoms with Gasteiger partial charge in [-0.1, -0.05) is 15.9 Å². The summed E-state index contributed by atoms with van der Waals surface area (Å²) in [4.78, 5) is 16.3. The van der Waals surface area contributed by atoms with E-state index in [1.807, 2.05) is 24.3 Å². The van der Waals surface area contributed by atoms with Gasteiger partial charge in [0, 0.05) is 22.5 Å². The summed E-state index contributed by atoms with van der Waals surface area (Å²) in [6.45, 7) is 1.98. The van der Waals surface area contributed by atoms with Crippen LogP contribution >= 0.6 is 39.3 Å². The molecule has 7 heteroatoms. The molecule has 0 spiro atoms. The first-order valence-corrected chi connectivity index (χ1v) is 8.79. The van der Waals surface area contributed by atoms with Crippen molar-refractivity contribution in [3.63, 3.8) is 0 Å². The van der Waals surface area contributed by atoms with Gasteiger partial charge in [-0.15, -0.1) is 0 Å². The Morgan fingerprint density at radius 1 is 1.00 bits per heavy atom. The van der Waals surface area contributed by atoms with Crippen molar-refractivity contribution in [2.45, 2.75) is 29.3 Å². The van der Waals surface area contributed by atoms with Crippen molar-refractivity contribution in [3.8, 4) is 0 Å². The third kappa shape index (κ3) is 4.08. The van der Waals surface area contributed by atoms with Gasteiger partial charge >= 0.3 is 0 Å². The van der Waals surface area contributed by atoms with E-state index in [1.54, 1.807) is 0 Å². The summed E-state index contributed by atoms with van der Waals surface area (Å²) < 4.78 is 1.05. The van der Waals surface area contributed by atoms with Crippen molar-refractivity contribution in [1.29, 1.82) is 0 Å². The average Bonchev–Trinajstić information content (AvgIpc) is 2.50. The fraction of sp³-hybridized carbons (Fsp3) is 0.357. The molecule has 0 aliphatic carbocycles. The Hall–Kier alpha value is -0.850. The Bertz CT molecular complexity index is 617. The summed E-state index contributed by atoms with van der Waals surface area (Å²) in [6.07, 6.45) is 3.63. The van der Waals surface area contributed by atoms with Crippen molar-refractivity contribution >= 4 is 45.2 Å². The van der Waals surface area contributed by atoms with E-state index in [0.29, 0.717) is 11.1 Å². The van der Waals surface area contributed by atoms with Gasteiger partial charge in [0.15, 0.2) is 5.16 Å². The summed E-state index contributed by atoms with van der Waals surface area (Å²) in [5, 5.41) is 0.892. The van der Waals surface area contributed by atoms with Gasteiger partial charge in [-0.3, -0.25) is 0 Å². The van der Waals surface area contributed by atoms with Crippen molar-refractivity contribution in [2.24, 2.45) is 0 Å². The van der Waals surface area contributed by atoms with E-state index < -0.39 is 0 Å². The molecule has 0 radical (unpaired) electrons. The molecule has 2 heterocycles. The fourth-order valence-electron chi connectivity index (χ4n) is 2.21. The van der Waals surface area contributed by atoms with Crippen LogP contribution in [0.4, 0.5) is 5.95 Å². The predicted molar refractivity (Wildman–Crippen MR) is 89.2 cm³/mol. The van der Waals surface area contributed by atoms with E-state index in [0.717, 1.165) is 22.5 Å². The minimum atomic E-state index is 0.255. The quantitative estimate of drug-likeness (QED) is 0.782. The van der Waals surface area contributed by atoms with Crippen LogP contribution in [-0.2, 0) is 0 Å². The molecule has 21 heavy (non-hydrogen) atoms. The first-order chi connectivity index (χ1) is 10.2. The maximum Gasteiger partial charge on any atom is 0.230 e. The number of rotatable bonds is 3. The lowest BCUT2D eigenvalue weighted by molar-refractivity contribution is 0.564. The van der Waals surface area contributed by atoms with Crippen LogP contribution in [0.25, 0.3) is 0 Å². The molecule has 0 bridgehead atoms. The minimum absolute atomic E-state index is 0.255. The van der Waals surface area contributed by atoms with E-state index >= 15 is 0 Å². The third-order valence-corrected chi connectivity index (χ3v) is 4.81. The number of benzene rings is 1. The standard InChI is InChI=1S/C14H14BrClN4S/c15-10-4-6-11(7-5-10)21-14-18-12(16)17-13(19-14)20-8-2-1-3-9-20/h4-7H,1-3,8-9H2. The topological polar surface area (TPSA) is 41.9 Å². The Labute approximate surface area is 141 Å². The normalized spacial score (nSPS) is 15.2. The zero-order chi connectivity index (χ0) is 14.7. The Balaban J connectivity index is 1.81.